The van der Waals surface area contributed by atoms with Gasteiger partial charge < -0.3 is 14.3 Å². The fourth-order valence-electron chi connectivity index (χ4n) is 2.24. The van der Waals surface area contributed by atoms with E-state index in [0.29, 0.717) is 19.1 Å². The quantitative estimate of drug-likeness (QED) is 0.372. The Morgan fingerprint density at radius 3 is 2.86 bits per heavy atom. The number of carbonyl (C=O) groups excluding carboxylic acids is 1. The third kappa shape index (κ3) is 5.82. The van der Waals surface area contributed by atoms with Crippen molar-refractivity contribution in [3.05, 3.63) is 41.5 Å². The van der Waals surface area contributed by atoms with Crippen LogP contribution >= 0.6 is 0 Å². The van der Waals surface area contributed by atoms with Crippen molar-refractivity contribution in [2.24, 2.45) is 0 Å². The number of allylic oxidation sites excluding steroid dienone is 1. The van der Waals surface area contributed by atoms with Crippen molar-refractivity contribution in [2.75, 3.05) is 13.2 Å². The third-order valence-electron chi connectivity index (χ3n) is 3.61. The van der Waals surface area contributed by atoms with Crippen molar-refractivity contribution in [3.63, 3.8) is 0 Å². The Bertz CT molecular complexity index is 463. The highest BCUT2D eigenvalue weighted by Crippen LogP contribution is 2.24. The molecule has 0 spiro atoms. The van der Waals surface area contributed by atoms with Crippen molar-refractivity contribution in [2.45, 2.75) is 44.8 Å². The molecule has 0 radical (unpaired) electrons. The van der Waals surface area contributed by atoms with Gasteiger partial charge in [-0.2, -0.15) is 0 Å². The van der Waals surface area contributed by atoms with Gasteiger partial charge in [0.1, 0.15) is 12.4 Å². The number of epoxide rings is 1. The molecule has 1 aromatic rings. The summed E-state index contributed by atoms with van der Waals surface area (Å²) in [6.07, 6.45) is 9.40. The lowest BCUT2D eigenvalue weighted by Gasteiger charge is -2.15. The van der Waals surface area contributed by atoms with Crippen LogP contribution in [0.4, 0.5) is 0 Å². The maximum atomic E-state index is 10.3. The highest BCUT2D eigenvalue weighted by Gasteiger charge is 2.23. The molecular formula is C18H24O3. The van der Waals surface area contributed by atoms with E-state index in [1.54, 1.807) is 0 Å². The van der Waals surface area contributed by atoms with Gasteiger partial charge in [0.2, 0.25) is 0 Å². The van der Waals surface area contributed by atoms with E-state index in [9.17, 15) is 4.79 Å². The molecular weight excluding hydrogens is 264 g/mol. The summed E-state index contributed by atoms with van der Waals surface area (Å²) in [7, 11) is 0. The lowest BCUT2D eigenvalue weighted by molar-refractivity contribution is -0.107. The van der Waals surface area contributed by atoms with E-state index in [0.717, 1.165) is 32.2 Å². The van der Waals surface area contributed by atoms with Gasteiger partial charge in [0.25, 0.3) is 0 Å². The third-order valence-corrected chi connectivity index (χ3v) is 3.61. The molecule has 21 heavy (non-hydrogen) atoms. The number of aldehydes is 1. The molecule has 0 saturated carbocycles. The fraction of sp³-hybridized carbons (Fsp3) is 0.500. The molecule has 1 aliphatic rings. The number of hydrogen-bond acceptors (Lipinski definition) is 3. The van der Waals surface area contributed by atoms with Crippen molar-refractivity contribution >= 4 is 12.4 Å². The molecule has 0 unspecified atom stereocenters. The number of unbranched alkanes of at least 4 members (excludes halogenated alkanes) is 3. The van der Waals surface area contributed by atoms with Crippen LogP contribution in [0.2, 0.25) is 0 Å². The molecule has 1 aromatic carbocycles. The number of hydrogen-bond donors (Lipinski definition) is 0. The molecule has 3 heteroatoms. The minimum Gasteiger partial charge on any atom is -0.371 e. The Morgan fingerprint density at radius 1 is 1.33 bits per heavy atom. The zero-order valence-electron chi connectivity index (χ0n) is 12.7. The van der Waals surface area contributed by atoms with E-state index in [1.165, 1.54) is 11.1 Å². The van der Waals surface area contributed by atoms with Crippen LogP contribution in [0, 0.1) is 0 Å². The predicted molar refractivity (Wildman–Crippen MR) is 84.1 cm³/mol. The van der Waals surface area contributed by atoms with Crippen LogP contribution in [-0.4, -0.2) is 25.6 Å². The lowest BCUT2D eigenvalue weighted by atomic mass is 10.0. The van der Waals surface area contributed by atoms with Crippen LogP contribution < -0.4 is 0 Å². The maximum absolute atomic E-state index is 10.3. The largest absolute Gasteiger partial charge is 0.371 e. The molecule has 0 bridgehead atoms. The van der Waals surface area contributed by atoms with E-state index in [4.69, 9.17) is 9.47 Å². The van der Waals surface area contributed by atoms with Gasteiger partial charge in [-0.25, -0.2) is 0 Å². The first-order valence-corrected chi connectivity index (χ1v) is 7.73. The molecule has 2 rings (SSSR count). The number of rotatable bonds is 10. The number of ether oxygens (including phenoxy) is 2. The second-order valence-electron chi connectivity index (χ2n) is 5.41. The minimum atomic E-state index is 0.0742. The van der Waals surface area contributed by atoms with E-state index >= 15 is 0 Å². The van der Waals surface area contributed by atoms with Crippen LogP contribution in [-0.2, 0) is 14.3 Å². The maximum Gasteiger partial charge on any atom is 0.119 e. The van der Waals surface area contributed by atoms with Gasteiger partial charge in [0, 0.05) is 6.42 Å². The SMILES string of the molecule is C[C@@H](OC[C@H]1CO1)c1ccccc1/C=C/CCCCC=O. The average molecular weight is 288 g/mol. The van der Waals surface area contributed by atoms with Gasteiger partial charge in [-0.1, -0.05) is 36.4 Å². The summed E-state index contributed by atoms with van der Waals surface area (Å²) in [4.78, 5) is 10.3. The fourth-order valence-corrected chi connectivity index (χ4v) is 2.24. The van der Waals surface area contributed by atoms with Crippen molar-refractivity contribution in [1.82, 2.24) is 0 Å². The lowest BCUT2D eigenvalue weighted by Crippen LogP contribution is -2.07. The first-order chi connectivity index (χ1) is 10.3. The van der Waals surface area contributed by atoms with Gasteiger partial charge in [-0.15, -0.1) is 0 Å². The molecule has 1 aliphatic heterocycles. The standard InChI is InChI=1S/C18H24O3/c1-15(20-13-17-14-21-17)18-11-7-6-10-16(18)9-5-3-2-4-8-12-19/h5-7,9-12,15,17H,2-4,8,13-14H2,1H3/b9-5+/t15-,17+/m1/s1. The van der Waals surface area contributed by atoms with E-state index < -0.39 is 0 Å². The molecule has 0 amide bonds. The molecule has 1 fully saturated rings. The minimum absolute atomic E-state index is 0.0742. The van der Waals surface area contributed by atoms with Crippen LogP contribution in [0.3, 0.4) is 0 Å². The molecule has 2 atom stereocenters. The van der Waals surface area contributed by atoms with Crippen LogP contribution in [0.15, 0.2) is 30.3 Å². The predicted octanol–water partition coefficient (Wildman–Crippen LogP) is 3.94. The Morgan fingerprint density at radius 2 is 2.10 bits per heavy atom. The molecule has 0 aliphatic carbocycles. The molecule has 3 nitrogen and oxygen atoms in total. The Labute approximate surface area is 127 Å². The Balaban J connectivity index is 1.85. The van der Waals surface area contributed by atoms with Crippen LogP contribution in [0.1, 0.15) is 49.8 Å². The van der Waals surface area contributed by atoms with Crippen molar-refractivity contribution in [1.29, 1.82) is 0 Å². The van der Waals surface area contributed by atoms with Gasteiger partial charge in [0.15, 0.2) is 0 Å². The van der Waals surface area contributed by atoms with Gasteiger partial charge in [-0.05, 0) is 37.3 Å². The summed E-state index contributed by atoms with van der Waals surface area (Å²) < 4.78 is 11.0. The molecule has 1 heterocycles. The number of carbonyl (C=O) groups is 1. The zero-order chi connectivity index (χ0) is 14.9. The zero-order valence-corrected chi connectivity index (χ0v) is 12.7. The Hall–Kier alpha value is -1.45. The average Bonchev–Trinajstić information content (AvgIpc) is 3.33. The van der Waals surface area contributed by atoms with Crippen molar-refractivity contribution < 1.29 is 14.3 Å². The molecule has 1 saturated heterocycles. The van der Waals surface area contributed by atoms with E-state index in [2.05, 4.69) is 31.2 Å². The monoisotopic (exact) mass is 288 g/mol. The molecule has 0 N–H and O–H groups in total. The van der Waals surface area contributed by atoms with Gasteiger partial charge >= 0.3 is 0 Å². The van der Waals surface area contributed by atoms with Crippen LogP contribution in [0.25, 0.3) is 6.08 Å². The topological polar surface area (TPSA) is 38.8 Å². The summed E-state index contributed by atoms with van der Waals surface area (Å²) in [5.74, 6) is 0. The summed E-state index contributed by atoms with van der Waals surface area (Å²) >= 11 is 0. The number of benzene rings is 1. The second-order valence-corrected chi connectivity index (χ2v) is 5.41. The highest BCUT2D eigenvalue weighted by atomic mass is 16.6. The summed E-state index contributed by atoms with van der Waals surface area (Å²) in [5, 5.41) is 0. The van der Waals surface area contributed by atoms with Gasteiger partial charge in [0.05, 0.1) is 19.3 Å². The normalized spacial score (nSPS) is 18.8. The van der Waals surface area contributed by atoms with Crippen LogP contribution in [0.5, 0.6) is 0 Å². The molecule has 0 aromatic heterocycles. The summed E-state index contributed by atoms with van der Waals surface area (Å²) in [6.45, 7) is 3.58. The van der Waals surface area contributed by atoms with E-state index in [-0.39, 0.29) is 6.10 Å². The van der Waals surface area contributed by atoms with Gasteiger partial charge in [-0.3, -0.25) is 0 Å². The smallest absolute Gasteiger partial charge is 0.119 e. The molecule has 114 valence electrons. The Kier molecular flexibility index (Phi) is 6.64. The first kappa shape index (κ1) is 15.9. The highest BCUT2D eigenvalue weighted by molar-refractivity contribution is 5.54. The first-order valence-electron chi connectivity index (χ1n) is 7.73. The second kappa shape index (κ2) is 8.75. The summed E-state index contributed by atoms with van der Waals surface area (Å²) in [5.41, 5.74) is 2.42. The van der Waals surface area contributed by atoms with E-state index in [1.807, 2.05) is 12.1 Å². The van der Waals surface area contributed by atoms with Crippen molar-refractivity contribution in [3.8, 4) is 0 Å². The summed E-state index contributed by atoms with van der Waals surface area (Å²) in [6, 6.07) is 8.33.